The predicted octanol–water partition coefficient (Wildman–Crippen LogP) is 6.43. The molecule has 1 aromatic carbocycles. The zero-order valence-electron chi connectivity index (χ0n) is 21.0. The number of ether oxygens (including phenoxy) is 2. The van der Waals surface area contributed by atoms with Gasteiger partial charge in [-0.2, -0.15) is 0 Å². The van der Waals surface area contributed by atoms with Gasteiger partial charge in [-0.15, -0.1) is 5.10 Å². The molecule has 1 fully saturated rings. The minimum absolute atomic E-state index is 0.118. The number of rotatable bonds is 5. The van der Waals surface area contributed by atoms with Crippen LogP contribution in [0, 0.1) is 5.82 Å². The van der Waals surface area contributed by atoms with Crippen LogP contribution in [0.3, 0.4) is 0 Å². The summed E-state index contributed by atoms with van der Waals surface area (Å²) in [6.07, 6.45) is 4.44. The van der Waals surface area contributed by atoms with E-state index in [4.69, 9.17) is 38.4 Å². The van der Waals surface area contributed by atoms with Crippen molar-refractivity contribution >= 4 is 35.1 Å². The number of pyridine rings is 1. The van der Waals surface area contributed by atoms with E-state index in [1.54, 1.807) is 35.0 Å². The quantitative estimate of drug-likeness (QED) is 0.364. The smallest absolute Gasteiger partial charge is 0.412 e. The number of hydrogen-bond acceptors (Lipinski definition) is 7. The van der Waals surface area contributed by atoms with Crippen LogP contribution in [0.1, 0.15) is 64.8 Å². The maximum absolute atomic E-state index is 14.0. The van der Waals surface area contributed by atoms with Gasteiger partial charge in [0, 0.05) is 28.9 Å². The van der Waals surface area contributed by atoms with Crippen LogP contribution in [0.25, 0.3) is 11.3 Å². The number of amides is 1. The fraction of sp³-hybridized carbons (Fsp3) is 0.440. The number of piperidine rings is 1. The standard InChI is InChI=1S/C25H29Cl2FN6O3/c1-14(21-16(26)8-9-17(28)22(21)27)36-19-11-15(12-30-23(19)29)18-13-34(32-31-18)20-7-5-6-10-33(20)24(35)37-25(2,3)4/h8-9,11-14,20H,5-7,10H2,1-4H3,(H2,29,30). The third-order valence-electron chi connectivity index (χ3n) is 5.88. The highest BCUT2D eigenvalue weighted by molar-refractivity contribution is 6.36. The minimum atomic E-state index is -0.713. The van der Waals surface area contributed by atoms with Gasteiger partial charge >= 0.3 is 6.09 Å². The van der Waals surface area contributed by atoms with Crippen molar-refractivity contribution < 1.29 is 18.7 Å². The van der Waals surface area contributed by atoms with Gasteiger partial charge in [-0.05, 0) is 65.2 Å². The van der Waals surface area contributed by atoms with E-state index in [0.717, 1.165) is 19.3 Å². The third-order valence-corrected chi connectivity index (χ3v) is 6.60. The fourth-order valence-corrected chi connectivity index (χ4v) is 4.81. The molecule has 2 aromatic heterocycles. The summed E-state index contributed by atoms with van der Waals surface area (Å²) in [5.41, 5.74) is 6.86. The number of benzene rings is 1. The second-order valence-corrected chi connectivity index (χ2v) is 10.6. The van der Waals surface area contributed by atoms with Crippen LogP contribution in [-0.4, -0.2) is 43.1 Å². The molecule has 1 saturated heterocycles. The summed E-state index contributed by atoms with van der Waals surface area (Å²) in [5, 5.41) is 8.72. The number of halogens is 3. The number of nitrogen functional groups attached to an aromatic ring is 1. The van der Waals surface area contributed by atoms with Gasteiger partial charge < -0.3 is 15.2 Å². The molecule has 3 aromatic rings. The summed E-state index contributed by atoms with van der Waals surface area (Å²) in [5.74, 6) is -0.213. The molecule has 0 bridgehead atoms. The lowest BCUT2D eigenvalue weighted by Gasteiger charge is -2.36. The monoisotopic (exact) mass is 550 g/mol. The van der Waals surface area contributed by atoms with Crippen LogP contribution in [0.2, 0.25) is 10.0 Å². The molecule has 198 valence electrons. The largest absolute Gasteiger partial charge is 0.482 e. The minimum Gasteiger partial charge on any atom is -0.482 e. The van der Waals surface area contributed by atoms with E-state index in [0.29, 0.717) is 23.4 Å². The number of carbonyl (C=O) groups is 1. The highest BCUT2D eigenvalue weighted by Gasteiger charge is 2.32. The molecule has 0 radical (unpaired) electrons. The van der Waals surface area contributed by atoms with Crippen LogP contribution >= 0.6 is 23.2 Å². The van der Waals surface area contributed by atoms with Gasteiger partial charge in [0.05, 0.1) is 11.2 Å². The van der Waals surface area contributed by atoms with Crippen molar-refractivity contribution in [3.8, 4) is 17.0 Å². The molecule has 1 aliphatic rings. The van der Waals surface area contributed by atoms with Crippen molar-refractivity contribution in [2.45, 2.75) is 64.8 Å². The van der Waals surface area contributed by atoms with Crippen molar-refractivity contribution in [3.63, 3.8) is 0 Å². The molecular weight excluding hydrogens is 522 g/mol. The summed E-state index contributed by atoms with van der Waals surface area (Å²) in [4.78, 5) is 18.7. The first kappa shape index (κ1) is 26.9. The van der Waals surface area contributed by atoms with Crippen LogP contribution in [-0.2, 0) is 4.74 Å². The van der Waals surface area contributed by atoms with Gasteiger partial charge in [0.1, 0.15) is 29.4 Å². The molecule has 0 aliphatic carbocycles. The maximum atomic E-state index is 14.0. The zero-order chi connectivity index (χ0) is 26.9. The van der Waals surface area contributed by atoms with Crippen molar-refractivity contribution in [3.05, 3.63) is 52.0 Å². The molecule has 37 heavy (non-hydrogen) atoms. The van der Waals surface area contributed by atoms with E-state index in [1.807, 2.05) is 20.8 Å². The van der Waals surface area contributed by atoms with Crippen LogP contribution in [0.5, 0.6) is 5.75 Å². The Morgan fingerprint density at radius 3 is 2.76 bits per heavy atom. The van der Waals surface area contributed by atoms with E-state index in [1.165, 1.54) is 12.1 Å². The van der Waals surface area contributed by atoms with Crippen molar-refractivity contribution in [1.29, 1.82) is 0 Å². The fourth-order valence-electron chi connectivity index (χ4n) is 4.13. The molecule has 2 N–H and O–H groups in total. The number of hydrogen-bond donors (Lipinski definition) is 1. The first-order chi connectivity index (χ1) is 17.4. The van der Waals surface area contributed by atoms with E-state index >= 15 is 0 Å². The van der Waals surface area contributed by atoms with Gasteiger partial charge in [-0.1, -0.05) is 28.4 Å². The Morgan fingerprint density at radius 1 is 1.27 bits per heavy atom. The van der Waals surface area contributed by atoms with Gasteiger partial charge in [-0.25, -0.2) is 18.9 Å². The zero-order valence-corrected chi connectivity index (χ0v) is 22.6. The molecule has 1 aliphatic heterocycles. The first-order valence-corrected chi connectivity index (χ1v) is 12.7. The van der Waals surface area contributed by atoms with Crippen molar-refractivity contribution in [2.24, 2.45) is 0 Å². The molecule has 3 heterocycles. The van der Waals surface area contributed by atoms with Crippen LogP contribution < -0.4 is 10.5 Å². The van der Waals surface area contributed by atoms with Crippen LogP contribution in [0.4, 0.5) is 15.0 Å². The lowest BCUT2D eigenvalue weighted by atomic mass is 10.1. The molecule has 0 spiro atoms. The number of nitrogens with zero attached hydrogens (tertiary/aromatic N) is 5. The van der Waals surface area contributed by atoms with E-state index in [2.05, 4.69) is 15.3 Å². The average Bonchev–Trinajstić information content (AvgIpc) is 3.32. The highest BCUT2D eigenvalue weighted by atomic mass is 35.5. The van der Waals surface area contributed by atoms with Crippen LogP contribution in [0.15, 0.2) is 30.6 Å². The summed E-state index contributed by atoms with van der Waals surface area (Å²) in [7, 11) is 0. The lowest BCUT2D eigenvalue weighted by molar-refractivity contribution is -0.00377. The third kappa shape index (κ3) is 6.07. The predicted molar refractivity (Wildman–Crippen MR) is 139 cm³/mol. The summed E-state index contributed by atoms with van der Waals surface area (Å²) < 4.78 is 27.2. The van der Waals surface area contributed by atoms with E-state index in [-0.39, 0.29) is 33.9 Å². The van der Waals surface area contributed by atoms with Crippen molar-refractivity contribution in [1.82, 2.24) is 24.9 Å². The summed E-state index contributed by atoms with van der Waals surface area (Å²) >= 11 is 12.4. The number of aromatic nitrogens is 4. The van der Waals surface area contributed by atoms with Gasteiger partial charge in [-0.3, -0.25) is 4.90 Å². The Morgan fingerprint density at radius 2 is 2.03 bits per heavy atom. The Balaban J connectivity index is 1.57. The number of anilines is 1. The first-order valence-electron chi connectivity index (χ1n) is 11.9. The Labute approximate surface area is 224 Å². The molecule has 12 heteroatoms. The molecule has 9 nitrogen and oxygen atoms in total. The van der Waals surface area contributed by atoms with Gasteiger partial charge in [0.2, 0.25) is 0 Å². The SMILES string of the molecule is CC(Oc1cc(-c2cn(C3CCCCN3C(=O)OC(C)(C)C)nn2)cnc1N)c1c(Cl)ccc(F)c1Cl. The van der Waals surface area contributed by atoms with Gasteiger partial charge in [0.15, 0.2) is 11.6 Å². The normalized spacial score (nSPS) is 16.9. The number of likely N-dealkylation sites (tertiary alicyclic amines) is 1. The number of nitrogens with two attached hydrogens (primary N) is 1. The maximum Gasteiger partial charge on any atom is 0.412 e. The average molecular weight is 551 g/mol. The topological polar surface area (TPSA) is 108 Å². The van der Waals surface area contributed by atoms with Gasteiger partial charge in [0.25, 0.3) is 0 Å². The summed E-state index contributed by atoms with van der Waals surface area (Å²) in [6.45, 7) is 7.76. The second-order valence-electron chi connectivity index (χ2n) is 9.86. The lowest BCUT2D eigenvalue weighted by Crippen LogP contribution is -2.44. The van der Waals surface area contributed by atoms with Crippen molar-refractivity contribution in [2.75, 3.05) is 12.3 Å². The Hall–Kier alpha value is -3.11. The second kappa shape index (κ2) is 10.7. The molecule has 1 amide bonds. The van der Waals surface area contributed by atoms with E-state index in [9.17, 15) is 9.18 Å². The Kier molecular flexibility index (Phi) is 7.80. The summed E-state index contributed by atoms with van der Waals surface area (Å²) in [6, 6.07) is 4.28. The number of carbonyl (C=O) groups excluding carboxylic acids is 1. The molecular formula is C25H29Cl2FN6O3. The Bertz CT molecular complexity index is 1300. The molecule has 2 unspecified atom stereocenters. The highest BCUT2D eigenvalue weighted by Crippen LogP contribution is 2.37. The molecule has 4 rings (SSSR count). The van der Waals surface area contributed by atoms with E-state index < -0.39 is 17.5 Å². The molecule has 2 atom stereocenters. The molecule has 0 saturated carbocycles.